The average molecular weight is 296 g/mol. The molecule has 3 heteroatoms. The van der Waals surface area contributed by atoms with Crippen LogP contribution in [0.1, 0.15) is 40.6 Å². The zero-order valence-electron chi connectivity index (χ0n) is 12.2. The third-order valence-electron chi connectivity index (χ3n) is 5.52. The van der Waals surface area contributed by atoms with E-state index in [9.17, 15) is 0 Å². The van der Waals surface area contributed by atoms with Crippen LogP contribution in [0.4, 0.5) is 0 Å². The predicted octanol–water partition coefficient (Wildman–Crippen LogP) is 3.91. The Kier molecular flexibility index (Phi) is 2.74. The van der Waals surface area contributed by atoms with E-state index < -0.39 is 0 Å². The van der Waals surface area contributed by atoms with Gasteiger partial charge < -0.3 is 4.90 Å². The van der Waals surface area contributed by atoms with Gasteiger partial charge in [0.05, 0.1) is 10.7 Å². The fourth-order valence-electron chi connectivity index (χ4n) is 4.44. The van der Waals surface area contributed by atoms with Crippen molar-refractivity contribution in [3.63, 3.8) is 0 Å². The van der Waals surface area contributed by atoms with Gasteiger partial charge in [-0.3, -0.25) is 0 Å². The van der Waals surface area contributed by atoms with Crippen LogP contribution in [0.5, 0.6) is 0 Å². The third-order valence-corrected chi connectivity index (χ3v) is 6.71. The van der Waals surface area contributed by atoms with Crippen LogP contribution >= 0.6 is 11.3 Å². The van der Waals surface area contributed by atoms with Gasteiger partial charge in [0.25, 0.3) is 0 Å². The van der Waals surface area contributed by atoms with Crippen molar-refractivity contribution in [3.05, 3.63) is 39.7 Å². The lowest BCUT2D eigenvalue weighted by molar-refractivity contribution is 0.105. The average Bonchev–Trinajstić information content (AvgIpc) is 3.05. The normalized spacial score (nSPS) is 30.0. The molecule has 3 aliphatic rings. The first-order valence-electron chi connectivity index (χ1n) is 8.19. The lowest BCUT2D eigenvalue weighted by Crippen LogP contribution is -2.43. The molecule has 1 unspecified atom stereocenters. The standard InChI is InChI=1S/C18H20N2S/c1-2-6-14-12(4-1)10-16-17(14)19-18(21-16)15-7-9-20-8-3-5-13(15)11-20/h1-2,4,6,13,15H,3,5,7-11H2/t13-,15+/m0/s1. The fourth-order valence-corrected chi connectivity index (χ4v) is 5.77. The summed E-state index contributed by atoms with van der Waals surface area (Å²) in [6, 6.07) is 8.79. The molecule has 3 atom stereocenters. The topological polar surface area (TPSA) is 16.1 Å². The Bertz CT molecular complexity index is 690. The van der Waals surface area contributed by atoms with Gasteiger partial charge in [-0.2, -0.15) is 0 Å². The Morgan fingerprint density at radius 2 is 2.10 bits per heavy atom. The molecular weight excluding hydrogens is 276 g/mol. The number of hydrogen-bond acceptors (Lipinski definition) is 3. The van der Waals surface area contributed by atoms with E-state index in [2.05, 4.69) is 29.2 Å². The zero-order chi connectivity index (χ0) is 13.8. The molecule has 0 saturated carbocycles. The van der Waals surface area contributed by atoms with Crippen LogP contribution in [0, 0.1) is 5.92 Å². The van der Waals surface area contributed by atoms with Crippen LogP contribution in [0.3, 0.4) is 0 Å². The number of aromatic nitrogens is 1. The van der Waals surface area contributed by atoms with Crippen molar-refractivity contribution in [2.75, 3.05) is 19.6 Å². The summed E-state index contributed by atoms with van der Waals surface area (Å²) < 4.78 is 0. The van der Waals surface area contributed by atoms with Crippen LogP contribution < -0.4 is 0 Å². The van der Waals surface area contributed by atoms with Gasteiger partial charge in [0.15, 0.2) is 0 Å². The first kappa shape index (κ1) is 12.4. The van der Waals surface area contributed by atoms with Gasteiger partial charge in [-0.1, -0.05) is 24.3 Å². The molecule has 2 bridgehead atoms. The predicted molar refractivity (Wildman–Crippen MR) is 86.9 cm³/mol. The number of piperidine rings is 2. The molecule has 0 radical (unpaired) electrons. The molecule has 1 aliphatic carbocycles. The first-order chi connectivity index (χ1) is 10.4. The van der Waals surface area contributed by atoms with Gasteiger partial charge >= 0.3 is 0 Å². The van der Waals surface area contributed by atoms with Gasteiger partial charge in [-0.05, 0) is 43.8 Å². The van der Waals surface area contributed by atoms with Gasteiger partial charge in [0.1, 0.15) is 0 Å². The molecular formula is C18H20N2S. The van der Waals surface area contributed by atoms with Gasteiger partial charge in [-0.15, -0.1) is 11.3 Å². The minimum Gasteiger partial charge on any atom is -0.303 e. The van der Waals surface area contributed by atoms with E-state index in [1.165, 1.54) is 65.6 Å². The molecule has 0 spiro atoms. The van der Waals surface area contributed by atoms with Gasteiger partial charge in [0.2, 0.25) is 0 Å². The minimum absolute atomic E-state index is 0.726. The van der Waals surface area contributed by atoms with Crippen molar-refractivity contribution in [1.82, 2.24) is 9.88 Å². The second kappa shape index (κ2) is 4.65. The lowest BCUT2D eigenvalue weighted by Gasteiger charge is -2.41. The van der Waals surface area contributed by atoms with Crippen LogP contribution in [-0.2, 0) is 6.42 Å². The van der Waals surface area contributed by atoms with Crippen molar-refractivity contribution in [1.29, 1.82) is 0 Å². The molecule has 2 saturated heterocycles. The number of rotatable bonds is 1. The molecule has 2 aliphatic heterocycles. The number of fused-ring (bicyclic) bond motifs is 5. The van der Waals surface area contributed by atoms with Crippen LogP contribution in [0.25, 0.3) is 11.3 Å². The Morgan fingerprint density at radius 3 is 3.10 bits per heavy atom. The minimum atomic E-state index is 0.726. The van der Waals surface area contributed by atoms with E-state index >= 15 is 0 Å². The summed E-state index contributed by atoms with van der Waals surface area (Å²) in [6.45, 7) is 3.92. The molecule has 3 heterocycles. The van der Waals surface area contributed by atoms with Gasteiger partial charge in [-0.25, -0.2) is 4.98 Å². The highest BCUT2D eigenvalue weighted by Crippen LogP contribution is 2.45. The van der Waals surface area contributed by atoms with E-state index in [-0.39, 0.29) is 0 Å². The molecule has 2 nitrogen and oxygen atoms in total. The smallest absolute Gasteiger partial charge is 0.0970 e. The summed E-state index contributed by atoms with van der Waals surface area (Å²) in [5.41, 5.74) is 4.14. The maximum absolute atomic E-state index is 5.10. The second-order valence-electron chi connectivity index (χ2n) is 6.76. The SMILES string of the molecule is c1ccc2c(c1)Cc1sc([C@@H]3CCN4CCC[C@H]3C4)nc1-2. The van der Waals surface area contributed by atoms with Gasteiger partial charge in [0, 0.05) is 29.3 Å². The zero-order valence-corrected chi connectivity index (χ0v) is 13.0. The Balaban J connectivity index is 1.50. The molecule has 108 valence electrons. The monoisotopic (exact) mass is 296 g/mol. The Labute approximate surface area is 129 Å². The summed E-state index contributed by atoms with van der Waals surface area (Å²) in [4.78, 5) is 9.26. The molecule has 0 N–H and O–H groups in total. The van der Waals surface area contributed by atoms with Crippen LogP contribution in [-0.4, -0.2) is 29.5 Å². The van der Waals surface area contributed by atoms with Crippen molar-refractivity contribution in [3.8, 4) is 11.3 Å². The van der Waals surface area contributed by atoms with E-state index in [1.807, 2.05) is 11.3 Å². The number of hydrogen-bond donors (Lipinski definition) is 0. The lowest BCUT2D eigenvalue weighted by atomic mass is 9.80. The molecule has 0 amide bonds. The van der Waals surface area contributed by atoms with Crippen molar-refractivity contribution >= 4 is 11.3 Å². The molecule has 2 aromatic rings. The summed E-state index contributed by atoms with van der Waals surface area (Å²) in [5, 5.41) is 1.43. The highest BCUT2D eigenvalue weighted by molar-refractivity contribution is 7.12. The molecule has 5 rings (SSSR count). The van der Waals surface area contributed by atoms with Crippen LogP contribution in [0.15, 0.2) is 24.3 Å². The number of nitrogens with zero attached hydrogens (tertiary/aromatic N) is 2. The largest absolute Gasteiger partial charge is 0.303 e. The number of thiazole rings is 1. The molecule has 2 fully saturated rings. The second-order valence-corrected chi connectivity index (χ2v) is 7.87. The quantitative estimate of drug-likeness (QED) is 0.677. The maximum atomic E-state index is 5.10. The van der Waals surface area contributed by atoms with E-state index in [0.717, 1.165) is 18.3 Å². The Hall–Kier alpha value is -1.19. The van der Waals surface area contributed by atoms with Crippen molar-refractivity contribution < 1.29 is 0 Å². The summed E-state index contributed by atoms with van der Waals surface area (Å²) in [7, 11) is 0. The van der Waals surface area contributed by atoms with E-state index in [4.69, 9.17) is 4.98 Å². The first-order valence-corrected chi connectivity index (χ1v) is 9.00. The summed E-state index contributed by atoms with van der Waals surface area (Å²) in [6.07, 6.45) is 5.21. The van der Waals surface area contributed by atoms with E-state index in [0.29, 0.717) is 0 Å². The molecule has 1 aromatic carbocycles. The highest BCUT2D eigenvalue weighted by atomic mass is 32.1. The fraction of sp³-hybridized carbons (Fsp3) is 0.500. The third kappa shape index (κ3) is 1.91. The van der Waals surface area contributed by atoms with Crippen LogP contribution in [0.2, 0.25) is 0 Å². The van der Waals surface area contributed by atoms with Crippen molar-refractivity contribution in [2.24, 2.45) is 5.92 Å². The highest BCUT2D eigenvalue weighted by Gasteiger charge is 2.35. The molecule has 21 heavy (non-hydrogen) atoms. The van der Waals surface area contributed by atoms with E-state index in [1.54, 1.807) is 0 Å². The molecule has 1 aromatic heterocycles. The maximum Gasteiger partial charge on any atom is 0.0970 e. The number of benzene rings is 1. The van der Waals surface area contributed by atoms with Crippen molar-refractivity contribution in [2.45, 2.75) is 31.6 Å². The summed E-state index contributed by atoms with van der Waals surface area (Å²) >= 11 is 2.00. The Morgan fingerprint density at radius 1 is 1.14 bits per heavy atom. The summed E-state index contributed by atoms with van der Waals surface area (Å²) in [5.74, 6) is 1.58.